The van der Waals surface area contributed by atoms with Gasteiger partial charge >= 0.3 is 0 Å². The van der Waals surface area contributed by atoms with Gasteiger partial charge in [-0.15, -0.1) is 0 Å². The molecule has 2 rings (SSSR count). The van der Waals surface area contributed by atoms with Gasteiger partial charge in [0.2, 0.25) is 0 Å². The third-order valence-electron chi connectivity index (χ3n) is 2.74. The summed E-state index contributed by atoms with van der Waals surface area (Å²) >= 11 is 18.1. The first-order valence-electron chi connectivity index (χ1n) is 5.72. The van der Waals surface area contributed by atoms with Crippen LogP contribution in [0.5, 0.6) is 5.75 Å². The lowest BCUT2D eigenvalue weighted by Crippen LogP contribution is -2.03. The number of ether oxygens (including phenoxy) is 1. The van der Waals surface area contributed by atoms with E-state index < -0.39 is 5.82 Å². The molecule has 2 aromatic carbocycles. The van der Waals surface area contributed by atoms with Crippen molar-refractivity contribution in [2.24, 2.45) is 0 Å². The lowest BCUT2D eigenvalue weighted by atomic mass is 10.2. The monoisotopic (exact) mass is 333 g/mol. The molecule has 0 aliphatic carbocycles. The van der Waals surface area contributed by atoms with Crippen LogP contribution in [0.1, 0.15) is 5.56 Å². The second-order valence-electron chi connectivity index (χ2n) is 4.02. The van der Waals surface area contributed by atoms with E-state index in [1.807, 2.05) is 0 Å². The maximum absolute atomic E-state index is 13.1. The van der Waals surface area contributed by atoms with E-state index in [9.17, 15) is 4.39 Å². The van der Waals surface area contributed by atoms with Crippen molar-refractivity contribution in [3.8, 4) is 5.75 Å². The fraction of sp³-hybridized carbons (Fsp3) is 0.143. The highest BCUT2D eigenvalue weighted by Gasteiger charge is 2.11. The topological polar surface area (TPSA) is 21.3 Å². The fourth-order valence-electron chi connectivity index (χ4n) is 1.79. The number of nitrogens with one attached hydrogen (secondary N) is 1. The average molecular weight is 335 g/mol. The molecule has 0 aromatic heterocycles. The van der Waals surface area contributed by atoms with Crippen LogP contribution in [0.3, 0.4) is 0 Å². The van der Waals surface area contributed by atoms with E-state index in [1.165, 1.54) is 12.1 Å². The van der Waals surface area contributed by atoms with Crippen molar-refractivity contribution in [2.75, 3.05) is 12.4 Å². The lowest BCUT2D eigenvalue weighted by molar-refractivity contribution is 0.410. The van der Waals surface area contributed by atoms with Crippen molar-refractivity contribution < 1.29 is 9.13 Å². The Bertz CT molecular complexity index is 611. The highest BCUT2D eigenvalue weighted by molar-refractivity contribution is 6.39. The molecule has 0 aliphatic rings. The Morgan fingerprint density at radius 2 is 1.75 bits per heavy atom. The zero-order valence-electron chi connectivity index (χ0n) is 10.5. The van der Waals surface area contributed by atoms with Gasteiger partial charge in [0.1, 0.15) is 11.6 Å². The Hall–Kier alpha value is -1.16. The van der Waals surface area contributed by atoms with Crippen LogP contribution < -0.4 is 10.1 Å². The van der Waals surface area contributed by atoms with Gasteiger partial charge in [0, 0.05) is 17.1 Å². The molecule has 106 valence electrons. The molecule has 0 atom stereocenters. The Kier molecular flexibility index (Phi) is 4.97. The molecule has 20 heavy (non-hydrogen) atoms. The predicted octanol–water partition coefficient (Wildman–Crippen LogP) is 5.41. The SMILES string of the molecule is COc1cccc(Cl)c1CNc1c(Cl)cc(F)cc1Cl. The second kappa shape index (κ2) is 6.53. The van der Waals surface area contributed by atoms with Gasteiger partial charge in [-0.1, -0.05) is 40.9 Å². The first-order chi connectivity index (χ1) is 9.52. The molecule has 0 heterocycles. The van der Waals surface area contributed by atoms with Crippen LogP contribution in [0, 0.1) is 5.82 Å². The van der Waals surface area contributed by atoms with Crippen LogP contribution in [0.4, 0.5) is 10.1 Å². The summed E-state index contributed by atoms with van der Waals surface area (Å²) in [5, 5.41) is 4.03. The van der Waals surface area contributed by atoms with E-state index in [2.05, 4.69) is 5.32 Å². The first-order valence-corrected chi connectivity index (χ1v) is 6.86. The summed E-state index contributed by atoms with van der Waals surface area (Å²) < 4.78 is 18.4. The van der Waals surface area contributed by atoms with Gasteiger partial charge in [-0.2, -0.15) is 0 Å². The van der Waals surface area contributed by atoms with Crippen molar-refractivity contribution >= 4 is 40.5 Å². The summed E-state index contributed by atoms with van der Waals surface area (Å²) in [6, 6.07) is 7.74. The molecule has 2 nitrogen and oxygen atoms in total. The average Bonchev–Trinajstić information content (AvgIpc) is 2.38. The molecule has 0 bridgehead atoms. The van der Waals surface area contributed by atoms with Crippen LogP contribution in [0.2, 0.25) is 15.1 Å². The molecular weight excluding hydrogens is 324 g/mol. The molecule has 0 amide bonds. The summed E-state index contributed by atoms with van der Waals surface area (Å²) in [6.45, 7) is 0.355. The Balaban J connectivity index is 2.26. The largest absolute Gasteiger partial charge is 0.496 e. The fourth-order valence-corrected chi connectivity index (χ4v) is 2.62. The van der Waals surface area contributed by atoms with E-state index in [0.29, 0.717) is 23.0 Å². The third-order valence-corrected chi connectivity index (χ3v) is 3.69. The minimum Gasteiger partial charge on any atom is -0.496 e. The summed E-state index contributed by atoms with van der Waals surface area (Å²) in [5.74, 6) is 0.167. The molecule has 0 saturated heterocycles. The van der Waals surface area contributed by atoms with Crippen molar-refractivity contribution in [3.05, 3.63) is 56.8 Å². The summed E-state index contributed by atoms with van der Waals surface area (Å²) in [6.07, 6.45) is 0. The summed E-state index contributed by atoms with van der Waals surface area (Å²) in [7, 11) is 1.56. The number of hydrogen-bond donors (Lipinski definition) is 1. The van der Waals surface area contributed by atoms with Gasteiger partial charge < -0.3 is 10.1 Å². The third kappa shape index (κ3) is 3.29. The zero-order chi connectivity index (χ0) is 14.7. The molecule has 1 N–H and O–H groups in total. The Morgan fingerprint density at radius 1 is 1.10 bits per heavy atom. The minimum atomic E-state index is -0.485. The summed E-state index contributed by atoms with van der Waals surface area (Å²) in [4.78, 5) is 0. The number of rotatable bonds is 4. The standard InChI is InChI=1S/C14H11Cl3FNO/c1-20-13-4-2-3-10(15)9(13)7-19-14-11(16)5-8(18)6-12(14)17/h2-6,19H,7H2,1H3. The quantitative estimate of drug-likeness (QED) is 0.807. The van der Waals surface area contributed by atoms with Crippen LogP contribution in [-0.4, -0.2) is 7.11 Å². The van der Waals surface area contributed by atoms with Crippen LogP contribution in [0.15, 0.2) is 30.3 Å². The normalized spacial score (nSPS) is 10.4. The molecule has 0 saturated carbocycles. The molecule has 0 spiro atoms. The maximum atomic E-state index is 13.1. The lowest BCUT2D eigenvalue weighted by Gasteiger charge is -2.14. The van der Waals surface area contributed by atoms with Crippen molar-refractivity contribution in [3.63, 3.8) is 0 Å². The number of halogens is 4. The second-order valence-corrected chi connectivity index (χ2v) is 5.24. The van der Waals surface area contributed by atoms with Gasteiger partial charge in [-0.3, -0.25) is 0 Å². The highest BCUT2D eigenvalue weighted by atomic mass is 35.5. The number of benzene rings is 2. The van der Waals surface area contributed by atoms with E-state index in [1.54, 1.807) is 25.3 Å². The van der Waals surface area contributed by atoms with Gasteiger partial charge in [0.05, 0.1) is 22.8 Å². The summed E-state index contributed by atoms with van der Waals surface area (Å²) in [5.41, 5.74) is 1.23. The van der Waals surface area contributed by atoms with Crippen molar-refractivity contribution in [2.45, 2.75) is 6.54 Å². The molecule has 6 heteroatoms. The number of methoxy groups -OCH3 is 1. The molecule has 0 aliphatic heterocycles. The van der Waals surface area contributed by atoms with E-state index in [-0.39, 0.29) is 10.0 Å². The van der Waals surface area contributed by atoms with E-state index >= 15 is 0 Å². The number of anilines is 1. The molecular formula is C14H11Cl3FNO. The van der Waals surface area contributed by atoms with E-state index in [4.69, 9.17) is 39.5 Å². The van der Waals surface area contributed by atoms with Crippen molar-refractivity contribution in [1.29, 1.82) is 0 Å². The van der Waals surface area contributed by atoms with Crippen LogP contribution >= 0.6 is 34.8 Å². The Labute approximate surface area is 131 Å². The highest BCUT2D eigenvalue weighted by Crippen LogP contribution is 2.33. The van der Waals surface area contributed by atoms with Crippen LogP contribution in [-0.2, 0) is 6.54 Å². The minimum absolute atomic E-state index is 0.209. The van der Waals surface area contributed by atoms with Gasteiger partial charge in [0.15, 0.2) is 0 Å². The Morgan fingerprint density at radius 3 is 2.35 bits per heavy atom. The smallest absolute Gasteiger partial charge is 0.126 e. The molecule has 2 aromatic rings. The molecule has 0 fully saturated rings. The zero-order valence-corrected chi connectivity index (χ0v) is 12.8. The van der Waals surface area contributed by atoms with Gasteiger partial charge in [-0.25, -0.2) is 4.39 Å². The van der Waals surface area contributed by atoms with Crippen LogP contribution in [0.25, 0.3) is 0 Å². The molecule has 0 unspecified atom stereocenters. The van der Waals surface area contributed by atoms with E-state index in [0.717, 1.165) is 5.56 Å². The molecule has 0 radical (unpaired) electrons. The maximum Gasteiger partial charge on any atom is 0.126 e. The predicted molar refractivity (Wildman–Crippen MR) is 81.8 cm³/mol. The first kappa shape index (κ1) is 15.2. The number of hydrogen-bond acceptors (Lipinski definition) is 2. The van der Waals surface area contributed by atoms with Crippen molar-refractivity contribution in [1.82, 2.24) is 0 Å². The van der Waals surface area contributed by atoms with Gasteiger partial charge in [0.25, 0.3) is 0 Å². The van der Waals surface area contributed by atoms with Gasteiger partial charge in [-0.05, 0) is 24.3 Å².